The first-order valence-corrected chi connectivity index (χ1v) is 21.8. The topological polar surface area (TPSA) is 146 Å². The van der Waals surface area contributed by atoms with E-state index in [1.165, 1.54) is 0 Å². The second-order valence-corrected chi connectivity index (χ2v) is 16.8. The van der Waals surface area contributed by atoms with Gasteiger partial charge >= 0.3 is 0 Å². The van der Waals surface area contributed by atoms with Crippen LogP contribution in [0.25, 0.3) is 11.1 Å². The Bertz CT molecular complexity index is 2190. The number of hydrogen-bond acceptors (Lipinski definition) is 8. The van der Waals surface area contributed by atoms with Crippen molar-refractivity contribution in [3.8, 4) is 11.1 Å². The number of nitrogens with zero attached hydrogens (tertiary/aromatic N) is 1. The van der Waals surface area contributed by atoms with Gasteiger partial charge in [-0.2, -0.15) is 0 Å². The van der Waals surface area contributed by atoms with Gasteiger partial charge in [0, 0.05) is 56.0 Å². The van der Waals surface area contributed by atoms with Crippen molar-refractivity contribution < 1.29 is 29.3 Å². The van der Waals surface area contributed by atoms with Crippen LogP contribution in [-0.4, -0.2) is 52.7 Å². The molecule has 2 fully saturated rings. The number of nitrogens with two attached hydrogens (primary N) is 1. The van der Waals surface area contributed by atoms with E-state index in [-0.39, 0.29) is 30.6 Å². The van der Waals surface area contributed by atoms with E-state index in [4.69, 9.17) is 26.8 Å². The maximum absolute atomic E-state index is 12.7. The summed E-state index contributed by atoms with van der Waals surface area (Å²) in [6.07, 6.45) is 5.20. The summed E-state index contributed by atoms with van der Waals surface area (Å²) in [5.41, 5.74) is 13.0. The number of unbranched alkanes of at least 4 members (excludes halogenated alkanes) is 3. The van der Waals surface area contributed by atoms with Crippen LogP contribution in [0, 0.1) is 0 Å². The largest absolute Gasteiger partial charge is 0.397 e. The highest BCUT2D eigenvalue weighted by Gasteiger charge is 2.37. The van der Waals surface area contributed by atoms with E-state index in [1.54, 1.807) is 12.1 Å². The summed E-state index contributed by atoms with van der Waals surface area (Å²) < 4.78 is 13.3. The Kier molecular flexibility index (Phi) is 15.2. The minimum absolute atomic E-state index is 0.0141. The smallest absolute Gasteiger partial charge is 0.224 e. The van der Waals surface area contributed by atoms with Gasteiger partial charge in [0.2, 0.25) is 11.8 Å². The van der Waals surface area contributed by atoms with Gasteiger partial charge < -0.3 is 41.0 Å². The number of anilines is 2. The maximum Gasteiger partial charge on any atom is 0.224 e. The van der Waals surface area contributed by atoms with Crippen molar-refractivity contribution in [3.05, 3.63) is 154 Å². The van der Waals surface area contributed by atoms with E-state index < -0.39 is 11.9 Å². The minimum atomic E-state index is -0.879. The number of carbonyl (C=O) groups excluding carboxylic acids is 2. The van der Waals surface area contributed by atoms with Crippen molar-refractivity contribution in [2.24, 2.45) is 0 Å². The monoisotopic (exact) mass is 844 g/mol. The van der Waals surface area contributed by atoms with E-state index >= 15 is 0 Å². The van der Waals surface area contributed by atoms with Gasteiger partial charge in [0.1, 0.15) is 0 Å². The van der Waals surface area contributed by atoms with Crippen molar-refractivity contribution in [2.45, 2.75) is 95.0 Å². The van der Waals surface area contributed by atoms with E-state index in [1.807, 2.05) is 72.8 Å². The molecule has 0 radical (unpaired) electrons. The number of carbonyl (C=O) groups is 2. The van der Waals surface area contributed by atoms with Gasteiger partial charge in [0.15, 0.2) is 6.29 Å². The van der Waals surface area contributed by atoms with Gasteiger partial charge in [0.05, 0.1) is 35.8 Å². The van der Waals surface area contributed by atoms with Crippen molar-refractivity contribution in [2.75, 3.05) is 30.7 Å². The fourth-order valence-electron chi connectivity index (χ4n) is 8.21. The second kappa shape index (κ2) is 21.1. The number of nitrogens with one attached hydrogen (secondary N) is 2. The first kappa shape index (κ1) is 44.0. The van der Waals surface area contributed by atoms with E-state index in [2.05, 4.69) is 51.9 Å². The normalized spacial score (nSPS) is 19.0. The predicted molar refractivity (Wildman–Crippen MR) is 240 cm³/mol. The van der Waals surface area contributed by atoms with Crippen LogP contribution >= 0.6 is 11.6 Å². The van der Waals surface area contributed by atoms with E-state index in [0.29, 0.717) is 55.0 Å². The average molecular weight is 845 g/mol. The third-order valence-corrected chi connectivity index (χ3v) is 12.1. The molecule has 5 aromatic carbocycles. The molecule has 2 saturated heterocycles. The van der Waals surface area contributed by atoms with Gasteiger partial charge in [0.25, 0.3) is 0 Å². The van der Waals surface area contributed by atoms with Crippen molar-refractivity contribution >= 4 is 34.8 Å². The number of aliphatic hydroxyl groups excluding tert-OH is 1. The van der Waals surface area contributed by atoms with Crippen molar-refractivity contribution in [1.82, 2.24) is 10.2 Å². The summed E-state index contributed by atoms with van der Waals surface area (Å²) in [7, 11) is 0. The zero-order chi connectivity index (χ0) is 42.6. The Morgan fingerprint density at radius 3 is 2.15 bits per heavy atom. The summed E-state index contributed by atoms with van der Waals surface area (Å²) in [5, 5.41) is 27.7. The summed E-state index contributed by atoms with van der Waals surface area (Å²) in [6, 6.07) is 39.1. The number of piperidine rings is 1. The molecule has 5 aromatic rings. The number of nitrogen functional groups attached to an aromatic ring is 1. The van der Waals surface area contributed by atoms with Crippen LogP contribution in [0.3, 0.4) is 0 Å². The summed E-state index contributed by atoms with van der Waals surface area (Å²) >= 11 is 6.11. The molecule has 10 nitrogen and oxygen atoms in total. The molecule has 11 heteroatoms. The lowest BCUT2D eigenvalue weighted by Gasteiger charge is -2.42. The number of ether oxygens (including phenoxy) is 2. The van der Waals surface area contributed by atoms with Crippen LogP contribution < -0.4 is 16.4 Å². The Labute approximate surface area is 364 Å². The van der Waals surface area contributed by atoms with Crippen LogP contribution in [0.2, 0.25) is 5.02 Å². The van der Waals surface area contributed by atoms with Gasteiger partial charge in [-0.15, -0.1) is 0 Å². The quantitative estimate of drug-likeness (QED) is 0.0460. The molecule has 2 aliphatic heterocycles. The SMILES string of the molecule is Nc1ccccc1NC(=O)CCCCCCC(=O)NCc1cccc(-c2ccc(C3OC(CN4CCC(O)(c5ccc(Cl)cc5)CC4)CC(c4ccc(CO)cc4)O3)cc2)c1. The second-order valence-electron chi connectivity index (χ2n) is 16.3. The van der Waals surface area contributed by atoms with Gasteiger partial charge in [-0.25, -0.2) is 0 Å². The fraction of sp³-hybridized carbons (Fsp3) is 0.360. The fourth-order valence-corrected chi connectivity index (χ4v) is 8.33. The molecule has 3 unspecified atom stereocenters. The zero-order valence-corrected chi connectivity index (χ0v) is 35.4. The molecule has 0 aromatic heterocycles. The third-order valence-electron chi connectivity index (χ3n) is 11.9. The molecule has 320 valence electrons. The predicted octanol–water partition coefficient (Wildman–Crippen LogP) is 9.21. The standard InChI is InChI=1S/C50H57ClN4O6/c51-42-24-22-41(23-25-42)50(59)26-28-55(29-27-50)33-43-31-46(38-16-14-35(34-56)15-17-38)61-49(60-43)39-20-18-37(19-21-39)40-9-7-8-36(30-40)32-53-47(57)12-3-1-2-4-13-48(58)54-45-11-6-5-10-44(45)52/h5-11,14-25,30,43,46,49,56,59H,1-4,12-13,26-29,31-34,52H2,(H,53,57)(H,54,58). The number of benzene rings is 5. The maximum atomic E-state index is 12.7. The lowest BCUT2D eigenvalue weighted by molar-refractivity contribution is -0.253. The van der Waals surface area contributed by atoms with Gasteiger partial charge in [-0.1, -0.05) is 115 Å². The lowest BCUT2D eigenvalue weighted by Crippen LogP contribution is -2.46. The molecule has 0 saturated carbocycles. The molecule has 0 aliphatic carbocycles. The van der Waals surface area contributed by atoms with Crippen molar-refractivity contribution in [1.29, 1.82) is 0 Å². The average Bonchev–Trinajstić information content (AvgIpc) is 3.28. The molecule has 6 N–H and O–H groups in total. The van der Waals surface area contributed by atoms with Crippen LogP contribution in [0.5, 0.6) is 0 Å². The summed E-state index contributed by atoms with van der Waals surface area (Å²) in [5.74, 6) is -0.0392. The molecule has 61 heavy (non-hydrogen) atoms. The van der Waals surface area contributed by atoms with E-state index in [9.17, 15) is 19.8 Å². The number of aliphatic hydroxyl groups is 2. The molecular formula is C50H57ClN4O6. The number of halogens is 1. The number of hydrogen-bond donors (Lipinski definition) is 5. The van der Waals surface area contributed by atoms with Crippen molar-refractivity contribution in [3.63, 3.8) is 0 Å². The molecule has 2 amide bonds. The summed E-state index contributed by atoms with van der Waals surface area (Å²) in [6.45, 7) is 2.63. The number of rotatable bonds is 17. The molecule has 2 heterocycles. The summed E-state index contributed by atoms with van der Waals surface area (Å²) in [4.78, 5) is 27.3. The molecule has 3 atom stereocenters. The molecular weight excluding hydrogens is 788 g/mol. The number of para-hydroxylation sites is 2. The Morgan fingerprint density at radius 1 is 0.754 bits per heavy atom. The van der Waals surface area contributed by atoms with Crippen LogP contribution in [0.4, 0.5) is 11.4 Å². The Balaban J connectivity index is 0.900. The minimum Gasteiger partial charge on any atom is -0.397 e. The lowest BCUT2D eigenvalue weighted by atomic mass is 9.84. The van der Waals surface area contributed by atoms with E-state index in [0.717, 1.165) is 84.3 Å². The molecule has 2 aliphatic rings. The highest BCUT2D eigenvalue weighted by atomic mass is 35.5. The van der Waals surface area contributed by atoms with Gasteiger partial charge in [-0.3, -0.25) is 9.59 Å². The molecule has 0 spiro atoms. The van der Waals surface area contributed by atoms with Crippen LogP contribution in [0.15, 0.2) is 121 Å². The highest BCUT2D eigenvalue weighted by Crippen LogP contribution is 2.40. The number of amides is 2. The first-order valence-electron chi connectivity index (χ1n) is 21.5. The third kappa shape index (κ3) is 12.3. The molecule has 7 rings (SSSR count). The van der Waals surface area contributed by atoms with Crippen LogP contribution in [-0.2, 0) is 37.8 Å². The molecule has 0 bridgehead atoms. The number of likely N-dealkylation sites (tertiary alicyclic amines) is 1. The zero-order valence-electron chi connectivity index (χ0n) is 34.6. The first-order chi connectivity index (χ1) is 29.6. The highest BCUT2D eigenvalue weighted by molar-refractivity contribution is 6.30. The van der Waals surface area contributed by atoms with Gasteiger partial charge in [-0.05, 0) is 89.4 Å². The van der Waals surface area contributed by atoms with Crippen LogP contribution in [0.1, 0.15) is 98.0 Å². The Hall–Kier alpha value is -5.07. The Morgan fingerprint density at radius 2 is 1.44 bits per heavy atom.